The predicted octanol–water partition coefficient (Wildman–Crippen LogP) is 1.83. The number of hydrogen-bond donors (Lipinski definition) is 0. The SMILES string of the molecule is COc1ccc(/C=C2\Oc3cc(O[C@@H](C)C(=O)[O-])ccc3C2=O)cc1. The third-order valence-corrected chi connectivity index (χ3v) is 3.70. The molecule has 1 atom stereocenters. The van der Waals surface area contributed by atoms with Gasteiger partial charge < -0.3 is 24.1 Å². The molecule has 3 rings (SSSR count). The Balaban J connectivity index is 1.82. The van der Waals surface area contributed by atoms with E-state index in [0.717, 1.165) is 5.56 Å². The molecule has 128 valence electrons. The quantitative estimate of drug-likeness (QED) is 0.773. The number of methoxy groups -OCH3 is 1. The summed E-state index contributed by atoms with van der Waals surface area (Å²) < 4.78 is 15.9. The monoisotopic (exact) mass is 339 g/mol. The lowest BCUT2D eigenvalue weighted by Crippen LogP contribution is -2.37. The fourth-order valence-electron chi connectivity index (χ4n) is 2.34. The summed E-state index contributed by atoms with van der Waals surface area (Å²) in [5.41, 5.74) is 1.19. The summed E-state index contributed by atoms with van der Waals surface area (Å²) in [5, 5.41) is 10.8. The first-order chi connectivity index (χ1) is 12.0. The lowest BCUT2D eigenvalue weighted by atomic mass is 10.1. The van der Waals surface area contributed by atoms with E-state index < -0.39 is 12.1 Å². The second-order valence-corrected chi connectivity index (χ2v) is 5.45. The minimum Gasteiger partial charge on any atom is -0.546 e. The van der Waals surface area contributed by atoms with Crippen LogP contribution in [0.15, 0.2) is 48.2 Å². The van der Waals surface area contributed by atoms with Crippen molar-refractivity contribution in [2.24, 2.45) is 0 Å². The van der Waals surface area contributed by atoms with Crippen LogP contribution in [0.3, 0.4) is 0 Å². The topological polar surface area (TPSA) is 84.9 Å². The molecule has 1 heterocycles. The van der Waals surface area contributed by atoms with Crippen molar-refractivity contribution in [3.63, 3.8) is 0 Å². The van der Waals surface area contributed by atoms with Gasteiger partial charge in [0.15, 0.2) is 5.76 Å². The number of Topliss-reactive ketones (excluding diaryl/α,β-unsaturated/α-hetero) is 1. The van der Waals surface area contributed by atoms with Crippen LogP contribution in [-0.2, 0) is 4.79 Å². The van der Waals surface area contributed by atoms with Crippen molar-refractivity contribution in [1.82, 2.24) is 0 Å². The van der Waals surface area contributed by atoms with Gasteiger partial charge in [-0.15, -0.1) is 0 Å². The molecular weight excluding hydrogens is 324 g/mol. The number of hydrogen-bond acceptors (Lipinski definition) is 6. The van der Waals surface area contributed by atoms with Gasteiger partial charge in [0.05, 0.1) is 18.6 Å². The third kappa shape index (κ3) is 3.47. The van der Waals surface area contributed by atoms with Crippen molar-refractivity contribution >= 4 is 17.8 Å². The maximum absolute atomic E-state index is 12.4. The van der Waals surface area contributed by atoms with Crippen LogP contribution < -0.4 is 19.3 Å². The summed E-state index contributed by atoms with van der Waals surface area (Å²) in [6.45, 7) is 1.36. The number of ketones is 1. The van der Waals surface area contributed by atoms with Crippen molar-refractivity contribution < 1.29 is 28.9 Å². The molecule has 1 aliphatic heterocycles. The van der Waals surface area contributed by atoms with E-state index in [2.05, 4.69) is 0 Å². The number of benzene rings is 2. The Kier molecular flexibility index (Phi) is 4.43. The number of rotatable bonds is 5. The highest BCUT2D eigenvalue weighted by atomic mass is 16.5. The summed E-state index contributed by atoms with van der Waals surface area (Å²) >= 11 is 0. The number of carboxylic acid groups (broad SMARTS) is 1. The number of aliphatic carboxylic acids is 1. The molecule has 0 aromatic heterocycles. The molecule has 0 N–H and O–H groups in total. The van der Waals surface area contributed by atoms with Crippen LogP contribution in [0.1, 0.15) is 22.8 Å². The van der Waals surface area contributed by atoms with Crippen molar-refractivity contribution in [2.45, 2.75) is 13.0 Å². The van der Waals surface area contributed by atoms with E-state index in [9.17, 15) is 14.7 Å². The maximum atomic E-state index is 12.4. The van der Waals surface area contributed by atoms with Gasteiger partial charge in [-0.1, -0.05) is 12.1 Å². The molecule has 0 bridgehead atoms. The molecule has 25 heavy (non-hydrogen) atoms. The van der Waals surface area contributed by atoms with E-state index in [0.29, 0.717) is 17.1 Å². The van der Waals surface area contributed by atoms with Crippen molar-refractivity contribution in [2.75, 3.05) is 7.11 Å². The van der Waals surface area contributed by atoms with E-state index >= 15 is 0 Å². The predicted molar refractivity (Wildman–Crippen MR) is 87.5 cm³/mol. The molecule has 6 heteroatoms. The minimum atomic E-state index is -1.32. The molecule has 0 unspecified atom stereocenters. The molecule has 0 aliphatic carbocycles. The number of fused-ring (bicyclic) bond motifs is 1. The normalized spacial score (nSPS) is 15.4. The first-order valence-electron chi connectivity index (χ1n) is 7.58. The minimum absolute atomic E-state index is 0.185. The van der Waals surface area contributed by atoms with Gasteiger partial charge in [-0.05, 0) is 42.8 Å². The van der Waals surface area contributed by atoms with E-state index in [1.54, 1.807) is 31.4 Å². The van der Waals surface area contributed by atoms with Crippen molar-refractivity contribution in [1.29, 1.82) is 0 Å². The summed E-state index contributed by atoms with van der Waals surface area (Å²) in [6, 6.07) is 11.7. The van der Waals surface area contributed by atoms with Gasteiger partial charge in [0, 0.05) is 6.07 Å². The maximum Gasteiger partial charge on any atom is 0.231 e. The van der Waals surface area contributed by atoms with Gasteiger partial charge in [-0.25, -0.2) is 0 Å². The highest BCUT2D eigenvalue weighted by Crippen LogP contribution is 2.35. The van der Waals surface area contributed by atoms with Crippen LogP contribution >= 0.6 is 0 Å². The Morgan fingerprint density at radius 2 is 1.84 bits per heavy atom. The highest BCUT2D eigenvalue weighted by molar-refractivity contribution is 6.14. The molecule has 0 saturated heterocycles. The zero-order chi connectivity index (χ0) is 18.0. The van der Waals surface area contributed by atoms with Crippen LogP contribution in [0.4, 0.5) is 0 Å². The molecular formula is C19H15O6-. The van der Waals surface area contributed by atoms with E-state index in [4.69, 9.17) is 14.2 Å². The molecule has 0 amide bonds. The van der Waals surface area contributed by atoms with Crippen LogP contribution in [0, 0.1) is 0 Å². The Bertz CT molecular complexity index is 851. The van der Waals surface area contributed by atoms with Crippen LogP contribution in [0.5, 0.6) is 17.2 Å². The van der Waals surface area contributed by atoms with Gasteiger partial charge in [-0.2, -0.15) is 0 Å². The summed E-state index contributed by atoms with van der Waals surface area (Å²) in [5.74, 6) is -0.0529. The van der Waals surface area contributed by atoms with Crippen LogP contribution in [0.25, 0.3) is 6.08 Å². The van der Waals surface area contributed by atoms with Crippen LogP contribution in [0.2, 0.25) is 0 Å². The molecule has 0 spiro atoms. The molecule has 1 aliphatic rings. The number of carboxylic acids is 1. The first kappa shape index (κ1) is 16.6. The third-order valence-electron chi connectivity index (χ3n) is 3.70. The standard InChI is InChI=1S/C19H16O6/c1-11(19(21)22)24-14-7-8-15-16(10-14)25-17(18(15)20)9-12-3-5-13(23-2)6-4-12/h3-11H,1-2H3,(H,21,22)/p-1/b17-9-/t11-/m0/s1. The van der Waals surface area contributed by atoms with Gasteiger partial charge in [0.2, 0.25) is 5.78 Å². The zero-order valence-electron chi connectivity index (χ0n) is 13.6. The lowest BCUT2D eigenvalue weighted by Gasteiger charge is -2.15. The fourth-order valence-corrected chi connectivity index (χ4v) is 2.34. The second kappa shape index (κ2) is 6.68. The van der Waals surface area contributed by atoms with Crippen molar-refractivity contribution in [3.05, 3.63) is 59.4 Å². The Hall–Kier alpha value is -3.28. The van der Waals surface area contributed by atoms with E-state index in [1.165, 1.54) is 19.1 Å². The second-order valence-electron chi connectivity index (χ2n) is 5.45. The van der Waals surface area contributed by atoms with Crippen LogP contribution in [-0.4, -0.2) is 25.0 Å². The highest BCUT2D eigenvalue weighted by Gasteiger charge is 2.27. The molecule has 0 radical (unpaired) electrons. The molecule has 6 nitrogen and oxygen atoms in total. The molecule has 2 aromatic carbocycles. The van der Waals surface area contributed by atoms with E-state index in [1.807, 2.05) is 12.1 Å². The molecule has 2 aromatic rings. The largest absolute Gasteiger partial charge is 0.546 e. The summed E-state index contributed by atoms with van der Waals surface area (Å²) in [6.07, 6.45) is 0.524. The van der Waals surface area contributed by atoms with Gasteiger partial charge in [0.1, 0.15) is 23.4 Å². The lowest BCUT2D eigenvalue weighted by molar-refractivity contribution is -0.312. The van der Waals surface area contributed by atoms with E-state index in [-0.39, 0.29) is 17.3 Å². The average molecular weight is 339 g/mol. The fraction of sp³-hybridized carbons (Fsp3) is 0.158. The van der Waals surface area contributed by atoms with Gasteiger partial charge >= 0.3 is 0 Å². The molecule has 0 saturated carbocycles. The van der Waals surface area contributed by atoms with Crippen molar-refractivity contribution in [3.8, 4) is 17.2 Å². The number of allylic oxidation sites excluding steroid dienone is 1. The van der Waals surface area contributed by atoms with Gasteiger partial charge in [0.25, 0.3) is 0 Å². The number of carbonyl (C=O) groups is 2. The molecule has 0 fully saturated rings. The Morgan fingerprint density at radius 3 is 2.48 bits per heavy atom. The summed E-state index contributed by atoms with van der Waals surface area (Å²) in [4.78, 5) is 23.2. The summed E-state index contributed by atoms with van der Waals surface area (Å²) in [7, 11) is 1.58. The Labute approximate surface area is 144 Å². The average Bonchev–Trinajstić information content (AvgIpc) is 2.91. The Morgan fingerprint density at radius 1 is 1.16 bits per heavy atom. The zero-order valence-corrected chi connectivity index (χ0v) is 13.6. The number of ether oxygens (including phenoxy) is 3. The smallest absolute Gasteiger partial charge is 0.231 e. The first-order valence-corrected chi connectivity index (χ1v) is 7.58. The van der Waals surface area contributed by atoms with Gasteiger partial charge in [-0.3, -0.25) is 4.79 Å². The number of carbonyl (C=O) groups excluding carboxylic acids is 2.